The number of rotatable bonds is 3. The lowest BCUT2D eigenvalue weighted by molar-refractivity contribution is -0.126. The molecule has 3 nitrogen and oxygen atoms in total. The van der Waals surface area contributed by atoms with Gasteiger partial charge in [0.05, 0.1) is 11.6 Å². The topological polar surface area (TPSA) is 56.0 Å². The van der Waals surface area contributed by atoms with Gasteiger partial charge in [0.2, 0.25) is 0 Å². The molecule has 20 heavy (non-hydrogen) atoms. The van der Waals surface area contributed by atoms with Crippen molar-refractivity contribution in [2.75, 3.05) is 6.54 Å². The van der Waals surface area contributed by atoms with E-state index in [1.165, 1.54) is 5.56 Å². The molecule has 3 heteroatoms. The van der Waals surface area contributed by atoms with Crippen molar-refractivity contribution in [3.05, 3.63) is 29.6 Å². The van der Waals surface area contributed by atoms with Gasteiger partial charge in [0.15, 0.2) is 0 Å². The predicted octanol–water partition coefficient (Wildman–Crippen LogP) is 2.84. The number of aromatic nitrogens is 1. The Bertz CT molecular complexity index is 478. The van der Waals surface area contributed by atoms with Crippen LogP contribution in [0.3, 0.4) is 0 Å². The van der Waals surface area contributed by atoms with Crippen molar-refractivity contribution in [3.63, 3.8) is 0 Å². The lowest BCUT2D eigenvalue weighted by atomic mass is 9.73. The van der Waals surface area contributed by atoms with Crippen molar-refractivity contribution >= 4 is 5.78 Å². The van der Waals surface area contributed by atoms with E-state index < -0.39 is 0 Å². The molecule has 0 aliphatic heterocycles. The monoisotopic (exact) mass is 272 g/mol. The number of fused-ring (bicyclic) bond motifs is 1. The summed E-state index contributed by atoms with van der Waals surface area (Å²) in [4.78, 5) is 17.3. The maximum atomic E-state index is 12.8. The highest BCUT2D eigenvalue weighted by Crippen LogP contribution is 2.37. The van der Waals surface area contributed by atoms with Gasteiger partial charge in [-0.1, -0.05) is 6.07 Å². The van der Waals surface area contributed by atoms with Gasteiger partial charge in [0.1, 0.15) is 5.78 Å². The third kappa shape index (κ3) is 2.64. The fraction of sp³-hybridized carbons (Fsp3) is 0.647. The van der Waals surface area contributed by atoms with E-state index >= 15 is 0 Å². The first kappa shape index (κ1) is 13.7. The molecule has 1 atom stereocenters. The van der Waals surface area contributed by atoms with Crippen molar-refractivity contribution in [3.8, 4) is 0 Å². The van der Waals surface area contributed by atoms with Crippen LogP contribution in [0.4, 0.5) is 0 Å². The highest BCUT2D eigenvalue weighted by atomic mass is 16.1. The largest absolute Gasteiger partial charge is 0.330 e. The number of carbonyl (C=O) groups excluding carboxylic acids is 1. The molecule has 1 fully saturated rings. The first-order valence-electron chi connectivity index (χ1n) is 7.97. The standard InChI is InChI=1S/C17H24N2O/c18-11-12-6-8-14(9-7-12)17(20)15-5-1-3-13-4-2-10-19-16(13)15/h2,4,10,12,14-15H,1,3,5-9,11,18H2. The molecule has 0 spiro atoms. The summed E-state index contributed by atoms with van der Waals surface area (Å²) in [7, 11) is 0. The van der Waals surface area contributed by atoms with Crippen LogP contribution in [0.5, 0.6) is 0 Å². The van der Waals surface area contributed by atoms with Crippen LogP contribution in [-0.2, 0) is 11.2 Å². The van der Waals surface area contributed by atoms with Crippen LogP contribution in [0.1, 0.15) is 55.7 Å². The zero-order valence-electron chi connectivity index (χ0n) is 12.1. The summed E-state index contributed by atoms with van der Waals surface area (Å²) in [6, 6.07) is 4.12. The molecule has 3 rings (SSSR count). The van der Waals surface area contributed by atoms with Crippen LogP contribution in [0.15, 0.2) is 18.3 Å². The molecule has 2 aliphatic carbocycles. The summed E-state index contributed by atoms with van der Waals surface area (Å²) in [5.41, 5.74) is 8.08. The number of aryl methyl sites for hydroxylation is 1. The molecule has 0 radical (unpaired) electrons. The first-order chi connectivity index (χ1) is 9.79. The molecule has 108 valence electrons. The molecule has 1 unspecified atom stereocenters. The molecule has 1 aromatic heterocycles. The van der Waals surface area contributed by atoms with E-state index in [1.807, 2.05) is 12.3 Å². The van der Waals surface area contributed by atoms with Gasteiger partial charge in [-0.15, -0.1) is 0 Å². The quantitative estimate of drug-likeness (QED) is 0.920. The second-order valence-electron chi connectivity index (χ2n) is 6.35. The molecule has 0 aromatic carbocycles. The number of ketones is 1. The van der Waals surface area contributed by atoms with Crippen LogP contribution >= 0.6 is 0 Å². The fourth-order valence-corrected chi connectivity index (χ4v) is 3.85. The Morgan fingerprint density at radius 3 is 2.80 bits per heavy atom. The van der Waals surface area contributed by atoms with Crippen molar-refractivity contribution < 1.29 is 4.79 Å². The summed E-state index contributed by atoms with van der Waals surface area (Å²) < 4.78 is 0. The van der Waals surface area contributed by atoms with Gasteiger partial charge in [-0.2, -0.15) is 0 Å². The molecule has 2 N–H and O–H groups in total. The third-order valence-corrected chi connectivity index (χ3v) is 5.12. The van der Waals surface area contributed by atoms with Gasteiger partial charge in [-0.3, -0.25) is 9.78 Å². The maximum absolute atomic E-state index is 12.8. The van der Waals surface area contributed by atoms with E-state index in [2.05, 4.69) is 11.1 Å². The number of hydrogen-bond acceptors (Lipinski definition) is 3. The highest BCUT2D eigenvalue weighted by Gasteiger charge is 2.34. The molecule has 1 heterocycles. The Morgan fingerprint density at radius 1 is 1.25 bits per heavy atom. The number of Topliss-reactive ketones (excluding diaryl/α,β-unsaturated/α-hetero) is 1. The van der Waals surface area contributed by atoms with Crippen LogP contribution in [0.2, 0.25) is 0 Å². The van der Waals surface area contributed by atoms with E-state index in [0.29, 0.717) is 11.7 Å². The minimum absolute atomic E-state index is 0.0550. The van der Waals surface area contributed by atoms with Crippen molar-refractivity contribution in [2.45, 2.75) is 50.9 Å². The molecular weight excluding hydrogens is 248 g/mol. The lowest BCUT2D eigenvalue weighted by Crippen LogP contribution is -2.30. The van der Waals surface area contributed by atoms with Crippen LogP contribution in [-0.4, -0.2) is 17.3 Å². The molecule has 0 saturated heterocycles. The summed E-state index contributed by atoms with van der Waals surface area (Å²) >= 11 is 0. The number of carbonyl (C=O) groups is 1. The average molecular weight is 272 g/mol. The Labute approximate surface area is 121 Å². The summed E-state index contributed by atoms with van der Waals surface area (Å²) in [6.45, 7) is 0.773. The van der Waals surface area contributed by atoms with E-state index in [4.69, 9.17) is 5.73 Å². The Morgan fingerprint density at radius 2 is 2.05 bits per heavy atom. The van der Waals surface area contributed by atoms with Gasteiger partial charge >= 0.3 is 0 Å². The van der Waals surface area contributed by atoms with E-state index in [1.54, 1.807) is 0 Å². The molecule has 1 aromatic rings. The number of nitrogens with zero attached hydrogens (tertiary/aromatic N) is 1. The SMILES string of the molecule is NCC1CCC(C(=O)C2CCCc3cccnc32)CC1. The maximum Gasteiger partial charge on any atom is 0.144 e. The number of pyridine rings is 1. The second kappa shape index (κ2) is 6.04. The second-order valence-corrected chi connectivity index (χ2v) is 6.35. The number of hydrogen-bond donors (Lipinski definition) is 1. The minimum Gasteiger partial charge on any atom is -0.330 e. The lowest BCUT2D eigenvalue weighted by Gasteiger charge is -2.31. The van der Waals surface area contributed by atoms with Gasteiger partial charge in [0, 0.05) is 12.1 Å². The van der Waals surface area contributed by atoms with E-state index in [-0.39, 0.29) is 11.8 Å². The smallest absolute Gasteiger partial charge is 0.144 e. The van der Waals surface area contributed by atoms with Gasteiger partial charge < -0.3 is 5.73 Å². The van der Waals surface area contributed by atoms with Crippen molar-refractivity contribution in [1.82, 2.24) is 4.98 Å². The Hall–Kier alpha value is -1.22. The molecule has 0 amide bonds. The van der Waals surface area contributed by atoms with Crippen molar-refractivity contribution in [2.24, 2.45) is 17.6 Å². The Kier molecular flexibility index (Phi) is 4.16. The summed E-state index contributed by atoms with van der Waals surface area (Å²) in [5, 5.41) is 0. The Balaban J connectivity index is 1.72. The third-order valence-electron chi connectivity index (χ3n) is 5.12. The number of nitrogens with two attached hydrogens (primary N) is 1. The molecular formula is C17H24N2O. The first-order valence-corrected chi connectivity index (χ1v) is 7.97. The zero-order chi connectivity index (χ0) is 13.9. The normalized spacial score (nSPS) is 29.8. The van der Waals surface area contributed by atoms with Crippen molar-refractivity contribution in [1.29, 1.82) is 0 Å². The zero-order valence-corrected chi connectivity index (χ0v) is 12.1. The van der Waals surface area contributed by atoms with Crippen LogP contribution < -0.4 is 5.73 Å². The fourth-order valence-electron chi connectivity index (χ4n) is 3.85. The highest BCUT2D eigenvalue weighted by molar-refractivity contribution is 5.88. The van der Waals surface area contributed by atoms with Crippen LogP contribution in [0.25, 0.3) is 0 Å². The predicted molar refractivity (Wildman–Crippen MR) is 79.4 cm³/mol. The van der Waals surface area contributed by atoms with E-state index in [0.717, 1.165) is 57.2 Å². The van der Waals surface area contributed by atoms with Crippen LogP contribution in [0, 0.1) is 11.8 Å². The summed E-state index contributed by atoms with van der Waals surface area (Å²) in [6.07, 6.45) is 9.30. The van der Waals surface area contributed by atoms with Gasteiger partial charge in [-0.05, 0) is 69.0 Å². The van der Waals surface area contributed by atoms with E-state index in [9.17, 15) is 4.79 Å². The van der Waals surface area contributed by atoms with Gasteiger partial charge in [0.25, 0.3) is 0 Å². The average Bonchev–Trinajstić information content (AvgIpc) is 2.54. The minimum atomic E-state index is 0.0550. The molecule has 2 aliphatic rings. The molecule has 1 saturated carbocycles. The van der Waals surface area contributed by atoms with Gasteiger partial charge in [-0.25, -0.2) is 0 Å². The summed E-state index contributed by atoms with van der Waals surface area (Å²) in [5.74, 6) is 1.38. The molecule has 0 bridgehead atoms.